The van der Waals surface area contributed by atoms with Gasteiger partial charge >= 0.3 is 0 Å². The zero-order valence-electron chi connectivity index (χ0n) is 12.5. The zero-order valence-corrected chi connectivity index (χ0v) is 12.5. The number of methoxy groups -OCH3 is 2. The lowest BCUT2D eigenvalue weighted by molar-refractivity contribution is 0.265. The topological polar surface area (TPSA) is 39.7 Å². The summed E-state index contributed by atoms with van der Waals surface area (Å²) in [6, 6.07) is 6.08. The van der Waals surface area contributed by atoms with Crippen molar-refractivity contribution in [1.82, 2.24) is 5.32 Å². The molecule has 1 atom stereocenters. The second kappa shape index (κ2) is 7.89. The lowest BCUT2D eigenvalue weighted by atomic mass is 10.1. The number of hydrogen-bond donors (Lipinski definition) is 1. The molecule has 1 unspecified atom stereocenters. The second-order valence-corrected chi connectivity index (χ2v) is 4.83. The molecule has 0 aliphatic rings. The third-order valence-electron chi connectivity index (χ3n) is 3.20. The van der Waals surface area contributed by atoms with E-state index in [9.17, 15) is 0 Å². The van der Waals surface area contributed by atoms with Gasteiger partial charge < -0.3 is 19.5 Å². The largest absolute Gasteiger partial charge is 0.493 e. The Kier molecular flexibility index (Phi) is 6.50. The van der Waals surface area contributed by atoms with Crippen molar-refractivity contribution in [2.45, 2.75) is 26.8 Å². The van der Waals surface area contributed by atoms with Crippen LogP contribution in [0.2, 0.25) is 0 Å². The number of benzene rings is 1. The second-order valence-electron chi connectivity index (χ2n) is 4.83. The first-order valence-corrected chi connectivity index (χ1v) is 6.67. The average molecular weight is 267 g/mol. The van der Waals surface area contributed by atoms with Gasteiger partial charge in [0.05, 0.1) is 14.2 Å². The molecule has 1 rings (SSSR count). The summed E-state index contributed by atoms with van der Waals surface area (Å²) in [6.45, 7) is 7.94. The molecule has 0 fully saturated rings. The minimum Gasteiger partial charge on any atom is -0.493 e. The predicted molar refractivity (Wildman–Crippen MR) is 77.3 cm³/mol. The van der Waals surface area contributed by atoms with Gasteiger partial charge in [0.2, 0.25) is 5.75 Å². The fourth-order valence-corrected chi connectivity index (χ4v) is 1.63. The predicted octanol–water partition coefficient (Wildman–Crippen LogP) is 2.72. The maximum absolute atomic E-state index is 5.77. The molecule has 0 amide bonds. The van der Waals surface area contributed by atoms with Crippen LogP contribution in [0.25, 0.3) is 0 Å². The summed E-state index contributed by atoms with van der Waals surface area (Å²) in [7, 11) is 3.25. The smallest absolute Gasteiger partial charge is 0.203 e. The van der Waals surface area contributed by atoms with Crippen LogP contribution in [-0.2, 0) is 0 Å². The molecule has 4 heteroatoms. The van der Waals surface area contributed by atoms with Crippen molar-refractivity contribution in [2.75, 3.05) is 27.4 Å². The van der Waals surface area contributed by atoms with Gasteiger partial charge in [-0.2, -0.15) is 0 Å². The average Bonchev–Trinajstić information content (AvgIpc) is 2.42. The quantitative estimate of drug-likeness (QED) is 0.735. The lowest BCUT2D eigenvalue weighted by Gasteiger charge is -2.18. The molecule has 0 bridgehead atoms. The molecule has 0 radical (unpaired) electrons. The van der Waals surface area contributed by atoms with Crippen LogP contribution < -0.4 is 19.5 Å². The van der Waals surface area contributed by atoms with E-state index in [1.807, 2.05) is 18.2 Å². The Morgan fingerprint density at radius 3 is 2.11 bits per heavy atom. The SMILES string of the molecule is COc1cccc(OC)c1OCCNC(C)C(C)C. The first kappa shape index (κ1) is 15.6. The summed E-state index contributed by atoms with van der Waals surface area (Å²) in [6.07, 6.45) is 0. The van der Waals surface area contributed by atoms with Crippen LogP contribution in [0.15, 0.2) is 18.2 Å². The van der Waals surface area contributed by atoms with E-state index in [-0.39, 0.29) is 0 Å². The summed E-state index contributed by atoms with van der Waals surface area (Å²) < 4.78 is 16.3. The lowest BCUT2D eigenvalue weighted by Crippen LogP contribution is -2.33. The highest BCUT2D eigenvalue weighted by atomic mass is 16.5. The van der Waals surface area contributed by atoms with E-state index < -0.39 is 0 Å². The zero-order chi connectivity index (χ0) is 14.3. The van der Waals surface area contributed by atoms with Crippen molar-refractivity contribution in [1.29, 1.82) is 0 Å². The third kappa shape index (κ3) is 4.63. The van der Waals surface area contributed by atoms with Gasteiger partial charge in [0, 0.05) is 12.6 Å². The molecule has 0 aromatic heterocycles. The Hall–Kier alpha value is -1.42. The molecule has 0 saturated carbocycles. The maximum Gasteiger partial charge on any atom is 0.203 e. The number of nitrogens with one attached hydrogen (secondary N) is 1. The number of hydrogen-bond acceptors (Lipinski definition) is 4. The van der Waals surface area contributed by atoms with Gasteiger partial charge in [-0.25, -0.2) is 0 Å². The Labute approximate surface area is 116 Å². The summed E-state index contributed by atoms with van der Waals surface area (Å²) >= 11 is 0. The van der Waals surface area contributed by atoms with Crippen molar-refractivity contribution >= 4 is 0 Å². The van der Waals surface area contributed by atoms with Crippen molar-refractivity contribution < 1.29 is 14.2 Å². The van der Waals surface area contributed by atoms with E-state index in [1.54, 1.807) is 14.2 Å². The Morgan fingerprint density at radius 2 is 1.63 bits per heavy atom. The highest BCUT2D eigenvalue weighted by molar-refractivity contribution is 5.51. The van der Waals surface area contributed by atoms with Crippen molar-refractivity contribution in [3.63, 3.8) is 0 Å². The monoisotopic (exact) mass is 267 g/mol. The molecule has 0 aliphatic heterocycles. The molecule has 0 aliphatic carbocycles. The maximum atomic E-state index is 5.77. The fourth-order valence-electron chi connectivity index (χ4n) is 1.63. The van der Waals surface area contributed by atoms with E-state index in [0.29, 0.717) is 35.8 Å². The van der Waals surface area contributed by atoms with Crippen LogP contribution in [-0.4, -0.2) is 33.4 Å². The van der Waals surface area contributed by atoms with Crippen molar-refractivity contribution in [3.8, 4) is 17.2 Å². The molecule has 1 aromatic rings. The first-order valence-electron chi connectivity index (χ1n) is 6.67. The minimum absolute atomic E-state index is 0.475. The number of ether oxygens (including phenoxy) is 3. The van der Waals surface area contributed by atoms with Gasteiger partial charge in [-0.05, 0) is 25.0 Å². The van der Waals surface area contributed by atoms with Crippen LogP contribution in [0.4, 0.5) is 0 Å². The van der Waals surface area contributed by atoms with Gasteiger partial charge in [0.1, 0.15) is 6.61 Å². The minimum atomic E-state index is 0.475. The molecule has 1 N–H and O–H groups in total. The van der Waals surface area contributed by atoms with E-state index in [1.165, 1.54) is 0 Å². The molecule has 0 saturated heterocycles. The highest BCUT2D eigenvalue weighted by Crippen LogP contribution is 2.36. The Balaban J connectivity index is 2.53. The van der Waals surface area contributed by atoms with E-state index >= 15 is 0 Å². The van der Waals surface area contributed by atoms with E-state index in [0.717, 1.165) is 6.54 Å². The molecule has 0 heterocycles. The van der Waals surface area contributed by atoms with Gasteiger partial charge in [0.25, 0.3) is 0 Å². The summed E-state index contributed by atoms with van der Waals surface area (Å²) in [5, 5.41) is 3.42. The summed E-state index contributed by atoms with van der Waals surface area (Å²) in [5.41, 5.74) is 0. The van der Waals surface area contributed by atoms with Gasteiger partial charge in [0.15, 0.2) is 11.5 Å². The summed E-state index contributed by atoms with van der Waals surface area (Å²) in [5.74, 6) is 2.65. The van der Waals surface area contributed by atoms with E-state index in [2.05, 4.69) is 26.1 Å². The number of rotatable bonds is 8. The van der Waals surface area contributed by atoms with Gasteiger partial charge in [-0.3, -0.25) is 0 Å². The van der Waals surface area contributed by atoms with Crippen LogP contribution in [0, 0.1) is 5.92 Å². The van der Waals surface area contributed by atoms with Crippen molar-refractivity contribution in [2.24, 2.45) is 5.92 Å². The van der Waals surface area contributed by atoms with Crippen molar-refractivity contribution in [3.05, 3.63) is 18.2 Å². The molecule has 4 nitrogen and oxygen atoms in total. The van der Waals surface area contributed by atoms with E-state index in [4.69, 9.17) is 14.2 Å². The van der Waals surface area contributed by atoms with Gasteiger partial charge in [-0.15, -0.1) is 0 Å². The standard InChI is InChI=1S/C15H25NO3/c1-11(2)12(3)16-9-10-19-15-13(17-4)7-6-8-14(15)18-5/h6-8,11-12,16H,9-10H2,1-5H3. The third-order valence-corrected chi connectivity index (χ3v) is 3.20. The molecule has 108 valence electrons. The molecule has 0 spiro atoms. The van der Waals surface area contributed by atoms with Crippen LogP contribution in [0.1, 0.15) is 20.8 Å². The molecule has 1 aromatic carbocycles. The highest BCUT2D eigenvalue weighted by Gasteiger charge is 2.11. The molecular weight excluding hydrogens is 242 g/mol. The number of para-hydroxylation sites is 1. The fraction of sp³-hybridized carbons (Fsp3) is 0.600. The van der Waals surface area contributed by atoms with Crippen LogP contribution in [0.3, 0.4) is 0 Å². The first-order chi connectivity index (χ1) is 9.10. The summed E-state index contributed by atoms with van der Waals surface area (Å²) in [4.78, 5) is 0. The van der Waals surface area contributed by atoms with Crippen LogP contribution in [0.5, 0.6) is 17.2 Å². The molecular formula is C15H25NO3. The van der Waals surface area contributed by atoms with Gasteiger partial charge in [-0.1, -0.05) is 19.9 Å². The van der Waals surface area contributed by atoms with Crippen LogP contribution >= 0.6 is 0 Å². The Bertz CT molecular complexity index is 357. The Morgan fingerprint density at radius 1 is 1.05 bits per heavy atom. The normalized spacial score (nSPS) is 12.3. The molecule has 19 heavy (non-hydrogen) atoms.